The van der Waals surface area contributed by atoms with Gasteiger partial charge in [-0.05, 0) is 42.8 Å². The van der Waals surface area contributed by atoms with Gasteiger partial charge in [-0.1, -0.05) is 30.4 Å². The van der Waals surface area contributed by atoms with Crippen molar-refractivity contribution in [3.63, 3.8) is 0 Å². The molecule has 208 valence electrons. The van der Waals surface area contributed by atoms with Gasteiger partial charge in [0.05, 0.1) is 29.3 Å². The maximum absolute atomic E-state index is 13.1. The largest absolute Gasteiger partial charge is 0.493 e. The number of carboxylic acids is 1. The van der Waals surface area contributed by atoms with E-state index in [1.54, 1.807) is 30.4 Å². The number of hydrogen-bond donors (Lipinski definition) is 2. The summed E-state index contributed by atoms with van der Waals surface area (Å²) in [5.74, 6) is -1.45. The van der Waals surface area contributed by atoms with Gasteiger partial charge in [0.2, 0.25) is 0 Å². The molecule has 2 heterocycles. The van der Waals surface area contributed by atoms with Crippen molar-refractivity contribution in [2.45, 2.75) is 31.0 Å². The van der Waals surface area contributed by atoms with Gasteiger partial charge in [-0.25, -0.2) is 4.98 Å². The summed E-state index contributed by atoms with van der Waals surface area (Å²) in [4.78, 5) is 28.7. The topological polar surface area (TPSA) is 122 Å². The second-order valence-electron chi connectivity index (χ2n) is 9.38. The summed E-state index contributed by atoms with van der Waals surface area (Å²) in [5.41, 5.74) is 0.664. The first-order chi connectivity index (χ1) is 19.6. The van der Waals surface area contributed by atoms with E-state index in [1.165, 1.54) is 30.3 Å². The van der Waals surface area contributed by atoms with Gasteiger partial charge in [0.25, 0.3) is 5.91 Å². The summed E-state index contributed by atoms with van der Waals surface area (Å²) >= 11 is 0. The summed E-state index contributed by atoms with van der Waals surface area (Å²) in [6.45, 7) is 0.234. The molecule has 0 spiro atoms. The highest BCUT2D eigenvalue weighted by atomic mass is 19.4. The van der Waals surface area contributed by atoms with E-state index >= 15 is 0 Å². The second kappa shape index (κ2) is 11.2. The number of amides is 1. The molecule has 1 amide bonds. The van der Waals surface area contributed by atoms with Gasteiger partial charge in [0.15, 0.2) is 0 Å². The van der Waals surface area contributed by atoms with Crippen LogP contribution < -0.4 is 14.8 Å². The van der Waals surface area contributed by atoms with Gasteiger partial charge in [-0.2, -0.15) is 18.4 Å². The quantitative estimate of drug-likeness (QED) is 0.387. The molecule has 2 aliphatic rings. The van der Waals surface area contributed by atoms with E-state index in [0.29, 0.717) is 29.7 Å². The Morgan fingerprint density at radius 2 is 1.95 bits per heavy atom. The third-order valence-corrected chi connectivity index (χ3v) is 6.65. The number of aromatic nitrogens is 1. The van der Waals surface area contributed by atoms with Crippen LogP contribution in [0.1, 0.15) is 35.4 Å². The Kier molecular flexibility index (Phi) is 7.48. The Morgan fingerprint density at radius 1 is 1.15 bits per heavy atom. The van der Waals surface area contributed by atoms with Crippen molar-refractivity contribution >= 4 is 17.7 Å². The normalized spacial score (nSPS) is 17.9. The highest BCUT2D eigenvalue weighted by molar-refractivity contribution is 6.05. The average molecular weight is 562 g/mol. The molecule has 0 bridgehead atoms. The lowest BCUT2D eigenvalue weighted by atomic mass is 9.91. The predicted molar refractivity (Wildman–Crippen MR) is 141 cm³/mol. The zero-order valence-electron chi connectivity index (χ0n) is 21.3. The molecular weight excluding hydrogens is 539 g/mol. The number of carboxylic acid groups (broad SMARTS) is 1. The Balaban J connectivity index is 1.25. The number of halogens is 3. The van der Waals surface area contributed by atoms with Crippen molar-refractivity contribution in [1.29, 1.82) is 5.26 Å². The van der Waals surface area contributed by atoms with Gasteiger partial charge in [0.1, 0.15) is 29.5 Å². The molecule has 0 radical (unpaired) electrons. The molecule has 2 aromatic carbocycles. The van der Waals surface area contributed by atoms with Crippen LogP contribution in [0.25, 0.3) is 11.3 Å². The minimum atomic E-state index is -4.49. The van der Waals surface area contributed by atoms with E-state index in [1.807, 2.05) is 6.07 Å². The second-order valence-corrected chi connectivity index (χ2v) is 9.38. The van der Waals surface area contributed by atoms with E-state index in [4.69, 9.17) is 9.47 Å². The fourth-order valence-electron chi connectivity index (χ4n) is 4.59. The van der Waals surface area contributed by atoms with Crippen LogP contribution in [0.3, 0.4) is 0 Å². The minimum Gasteiger partial charge on any atom is -0.493 e. The maximum atomic E-state index is 13.1. The van der Waals surface area contributed by atoms with E-state index in [2.05, 4.69) is 10.3 Å². The molecule has 11 heteroatoms. The van der Waals surface area contributed by atoms with Gasteiger partial charge >= 0.3 is 12.1 Å². The summed E-state index contributed by atoms with van der Waals surface area (Å²) in [6.07, 6.45) is 0.480. The Hall–Kier alpha value is -5.11. The van der Waals surface area contributed by atoms with Crippen molar-refractivity contribution in [1.82, 2.24) is 4.98 Å². The maximum Gasteiger partial charge on any atom is 0.416 e. The smallest absolute Gasteiger partial charge is 0.416 e. The number of nitrogens with one attached hydrogen (secondary N) is 1. The molecule has 0 saturated carbocycles. The Morgan fingerprint density at radius 3 is 2.66 bits per heavy atom. The molecule has 2 unspecified atom stereocenters. The van der Waals surface area contributed by atoms with Gasteiger partial charge in [-0.15, -0.1) is 0 Å². The number of ether oxygens (including phenoxy) is 2. The van der Waals surface area contributed by atoms with E-state index in [9.17, 15) is 33.1 Å². The number of hydrogen-bond acceptors (Lipinski definition) is 6. The zero-order valence-corrected chi connectivity index (χ0v) is 21.3. The van der Waals surface area contributed by atoms with Crippen molar-refractivity contribution in [2.75, 3.05) is 11.9 Å². The number of anilines is 1. The lowest BCUT2D eigenvalue weighted by molar-refractivity contribution is -0.139. The summed E-state index contributed by atoms with van der Waals surface area (Å²) < 4.78 is 50.9. The zero-order chi connectivity index (χ0) is 29.1. The van der Waals surface area contributed by atoms with Crippen molar-refractivity contribution in [3.05, 3.63) is 95.1 Å². The molecule has 1 aliphatic heterocycles. The van der Waals surface area contributed by atoms with Gasteiger partial charge in [0, 0.05) is 29.2 Å². The van der Waals surface area contributed by atoms with Crippen LogP contribution in [-0.4, -0.2) is 34.7 Å². The standard InChI is InChI=1S/C30H22F3N3O5/c31-30(32,33)20-4-1-3-18(13-20)24-5-2-6-27(35-24)36-28(37)17-7-9-21(10-8-17)41-25-15-26-23(14-19(25)16-34)22(29(38)39)11-12-40-26/h1-9,13-15,21-22H,10-12H2,(H,38,39)(H,35,36,37). The third kappa shape index (κ3) is 6.06. The monoisotopic (exact) mass is 561 g/mol. The average Bonchev–Trinajstić information content (AvgIpc) is 2.96. The van der Waals surface area contributed by atoms with E-state index < -0.39 is 35.6 Å². The number of aliphatic carboxylic acids is 1. The SMILES string of the molecule is N#Cc1cc2c(cc1OC1C=CC(C(=O)Nc3cccc(-c4cccc(C(F)(F)F)c4)n3)=CC1)OCCC2C(=O)O. The van der Waals surface area contributed by atoms with Gasteiger partial charge < -0.3 is 19.9 Å². The first-order valence-corrected chi connectivity index (χ1v) is 12.6. The first-order valence-electron chi connectivity index (χ1n) is 12.6. The van der Waals surface area contributed by atoms with Crippen LogP contribution in [0.15, 0.2) is 78.4 Å². The number of nitriles is 1. The summed E-state index contributed by atoms with van der Waals surface area (Å²) in [6, 6.07) is 14.5. The Bertz CT molecular complexity index is 1620. The first kappa shape index (κ1) is 27.5. The molecule has 41 heavy (non-hydrogen) atoms. The van der Waals surface area contributed by atoms with Crippen LogP contribution in [0, 0.1) is 11.3 Å². The predicted octanol–water partition coefficient (Wildman–Crippen LogP) is 5.86. The number of nitrogens with zero attached hydrogens (tertiary/aromatic N) is 2. The Labute approximate surface area is 232 Å². The number of rotatable bonds is 6. The molecule has 2 N–H and O–H groups in total. The number of fused-ring (bicyclic) bond motifs is 1. The third-order valence-electron chi connectivity index (χ3n) is 6.65. The van der Waals surface area contributed by atoms with Crippen LogP contribution >= 0.6 is 0 Å². The molecule has 1 aliphatic carbocycles. The lowest BCUT2D eigenvalue weighted by Crippen LogP contribution is -2.22. The molecule has 3 aromatic rings. The number of benzene rings is 2. The summed E-state index contributed by atoms with van der Waals surface area (Å²) in [5, 5.41) is 21.8. The molecule has 2 atom stereocenters. The van der Waals surface area contributed by atoms with Crippen LogP contribution in [0.4, 0.5) is 19.0 Å². The van der Waals surface area contributed by atoms with Crippen molar-refractivity contribution < 1.29 is 37.3 Å². The van der Waals surface area contributed by atoms with Crippen LogP contribution in [0.2, 0.25) is 0 Å². The lowest BCUT2D eigenvalue weighted by Gasteiger charge is -2.25. The molecule has 8 nitrogen and oxygen atoms in total. The molecule has 5 rings (SSSR count). The van der Waals surface area contributed by atoms with Crippen molar-refractivity contribution in [3.8, 4) is 28.8 Å². The number of carbonyl (C=O) groups is 2. The fraction of sp³-hybridized carbons (Fsp3) is 0.200. The van der Waals surface area contributed by atoms with E-state index in [-0.39, 0.29) is 35.0 Å². The highest BCUT2D eigenvalue weighted by Crippen LogP contribution is 2.39. The molecule has 1 aromatic heterocycles. The molecule has 0 saturated heterocycles. The van der Waals surface area contributed by atoms with Crippen LogP contribution in [-0.2, 0) is 15.8 Å². The molecular formula is C30H22F3N3O5. The number of alkyl halides is 3. The highest BCUT2D eigenvalue weighted by Gasteiger charge is 2.31. The number of carbonyl (C=O) groups excluding carboxylic acids is 1. The number of pyridine rings is 1. The van der Waals surface area contributed by atoms with E-state index in [0.717, 1.165) is 12.1 Å². The minimum absolute atomic E-state index is 0.171. The van der Waals surface area contributed by atoms with Crippen molar-refractivity contribution in [2.24, 2.45) is 0 Å². The summed E-state index contributed by atoms with van der Waals surface area (Å²) in [7, 11) is 0. The molecule has 0 fully saturated rings. The van der Waals surface area contributed by atoms with Gasteiger partial charge in [-0.3, -0.25) is 9.59 Å². The fourth-order valence-corrected chi connectivity index (χ4v) is 4.59. The van der Waals surface area contributed by atoms with Crippen LogP contribution in [0.5, 0.6) is 11.5 Å².